The van der Waals surface area contributed by atoms with Crippen LogP contribution < -0.4 is 15.9 Å². The Kier molecular flexibility index (Phi) is 5.76. The van der Waals surface area contributed by atoms with Gasteiger partial charge in [-0.25, -0.2) is 14.0 Å². The van der Waals surface area contributed by atoms with Gasteiger partial charge in [-0.3, -0.25) is 4.57 Å². The third-order valence-electron chi connectivity index (χ3n) is 3.75. The van der Waals surface area contributed by atoms with E-state index >= 15 is 0 Å². The van der Waals surface area contributed by atoms with Gasteiger partial charge in [-0.2, -0.15) is 4.99 Å². The summed E-state index contributed by atoms with van der Waals surface area (Å²) in [4.78, 5) is 28.3. The van der Waals surface area contributed by atoms with Crippen LogP contribution in [0.2, 0.25) is 0 Å². The van der Waals surface area contributed by atoms with Gasteiger partial charge in [0.1, 0.15) is 23.3 Å². The van der Waals surface area contributed by atoms with Crippen LogP contribution in [0.1, 0.15) is 5.56 Å². The molecule has 144 valence electrons. The topological polar surface area (TPSA) is 88.6 Å². The highest BCUT2D eigenvalue weighted by atomic mass is 32.2. The minimum Gasteiger partial charge on any atom is -0.587 e. The maximum Gasteiger partial charge on any atom is 0.441 e. The fraction of sp³-hybridized carbons (Fsp3) is 0.105. The van der Waals surface area contributed by atoms with Gasteiger partial charge in [0.25, 0.3) is 0 Å². The Balaban J connectivity index is 1.98. The third-order valence-corrected chi connectivity index (χ3v) is 5.03. The molecule has 0 bridgehead atoms. The summed E-state index contributed by atoms with van der Waals surface area (Å²) in [7, 11) is 1.23. The molecule has 0 radical (unpaired) electrons. The fourth-order valence-electron chi connectivity index (χ4n) is 2.40. The molecule has 3 rings (SSSR count). The van der Waals surface area contributed by atoms with Crippen molar-refractivity contribution in [3.8, 4) is 5.75 Å². The lowest BCUT2D eigenvalue weighted by molar-refractivity contribution is 0.209. The Hall–Kier alpha value is -3.17. The Labute approximate surface area is 162 Å². The maximum absolute atomic E-state index is 14.5. The van der Waals surface area contributed by atoms with Crippen LogP contribution in [0.25, 0.3) is 0 Å². The molecule has 3 aromatic rings. The van der Waals surface area contributed by atoms with Crippen LogP contribution in [0.3, 0.4) is 0 Å². The number of nitrogens with zero attached hydrogens (tertiary/aromatic N) is 3. The molecule has 0 aliphatic heterocycles. The second kappa shape index (κ2) is 8.24. The van der Waals surface area contributed by atoms with E-state index in [0.717, 1.165) is 20.3 Å². The molecule has 1 unspecified atom stereocenters. The van der Waals surface area contributed by atoms with Crippen molar-refractivity contribution in [2.75, 3.05) is 0 Å². The minimum atomic E-state index is -1.96. The lowest BCUT2D eigenvalue weighted by Gasteiger charge is -2.13. The zero-order valence-corrected chi connectivity index (χ0v) is 15.9. The average Bonchev–Trinajstić information content (AvgIpc) is 2.68. The van der Waals surface area contributed by atoms with E-state index in [1.54, 1.807) is 36.4 Å². The second-order valence-electron chi connectivity index (χ2n) is 5.83. The lowest BCUT2D eigenvalue weighted by atomic mass is 10.2. The lowest BCUT2D eigenvalue weighted by Crippen LogP contribution is -2.43. The zero-order valence-electron chi connectivity index (χ0n) is 15.0. The summed E-state index contributed by atoms with van der Waals surface area (Å²) in [5, 5.41) is 0. The van der Waals surface area contributed by atoms with Gasteiger partial charge < -0.3 is 9.29 Å². The fourth-order valence-corrected chi connectivity index (χ4v) is 3.56. The highest BCUT2D eigenvalue weighted by Gasteiger charge is 2.20. The molecule has 1 aromatic heterocycles. The molecule has 0 aliphatic rings. The molecular formula is C19H16FN3O4S. The minimum absolute atomic E-state index is 0.230. The second-order valence-corrected chi connectivity index (χ2v) is 7.19. The number of para-hydroxylation sites is 1. The van der Waals surface area contributed by atoms with E-state index in [1.165, 1.54) is 19.2 Å². The summed E-state index contributed by atoms with van der Waals surface area (Å²) in [5.41, 5.74) is -0.477. The number of rotatable bonds is 3. The maximum atomic E-state index is 14.5. The molecule has 0 spiro atoms. The van der Waals surface area contributed by atoms with Gasteiger partial charge in [0.2, 0.25) is 0 Å². The Morgan fingerprint density at radius 1 is 1.18 bits per heavy atom. The Morgan fingerprint density at radius 2 is 1.89 bits per heavy atom. The van der Waals surface area contributed by atoms with Gasteiger partial charge in [0.05, 0.1) is 0 Å². The molecule has 1 heterocycles. The van der Waals surface area contributed by atoms with Crippen LogP contribution in [0.15, 0.2) is 75.5 Å². The largest absolute Gasteiger partial charge is 0.587 e. The van der Waals surface area contributed by atoms with E-state index in [1.807, 2.05) is 13.0 Å². The molecule has 28 heavy (non-hydrogen) atoms. The first-order valence-corrected chi connectivity index (χ1v) is 9.26. The normalized spacial score (nSPS) is 12.6. The van der Waals surface area contributed by atoms with Crippen molar-refractivity contribution in [2.24, 2.45) is 12.0 Å². The predicted octanol–water partition coefficient (Wildman–Crippen LogP) is 2.30. The highest BCUT2D eigenvalue weighted by Crippen LogP contribution is 2.13. The quantitative estimate of drug-likeness (QED) is 0.630. The standard InChI is InChI=1S/C19H16FN3O4S/c1-13-7-6-10-15(11-13)28(26)23-12-16(20)17(22(2)19(23)25)21-18(24)27-14-8-4-3-5-9-14/h3-12H,1-2H3/b21-17+. The molecule has 9 heteroatoms. The van der Waals surface area contributed by atoms with Crippen LogP contribution >= 0.6 is 0 Å². The summed E-state index contributed by atoms with van der Waals surface area (Å²) >= 11 is -1.96. The number of ether oxygens (including phenoxy) is 1. The van der Waals surface area contributed by atoms with E-state index in [2.05, 4.69) is 4.99 Å². The van der Waals surface area contributed by atoms with Gasteiger partial charge in [-0.1, -0.05) is 30.3 Å². The SMILES string of the molecule is Cc1cccc([S+]([O-])n2cc(F)/c(=N\C(=O)Oc3ccccc3)n(C)c2=O)c1. The first-order chi connectivity index (χ1) is 13.4. The van der Waals surface area contributed by atoms with E-state index in [-0.39, 0.29) is 5.75 Å². The summed E-state index contributed by atoms with van der Waals surface area (Å²) < 4.78 is 33.7. The van der Waals surface area contributed by atoms with Crippen molar-refractivity contribution in [3.63, 3.8) is 0 Å². The molecule has 0 saturated heterocycles. The van der Waals surface area contributed by atoms with Crippen molar-refractivity contribution in [3.05, 3.63) is 88.1 Å². The summed E-state index contributed by atoms with van der Waals surface area (Å²) in [5.74, 6) is -0.763. The van der Waals surface area contributed by atoms with Crippen LogP contribution in [0, 0.1) is 12.7 Å². The van der Waals surface area contributed by atoms with Crippen molar-refractivity contribution < 1.29 is 18.5 Å². The van der Waals surface area contributed by atoms with Gasteiger partial charge in [0.15, 0.2) is 16.2 Å². The van der Waals surface area contributed by atoms with Gasteiger partial charge >= 0.3 is 11.8 Å². The molecule has 7 nitrogen and oxygen atoms in total. The van der Waals surface area contributed by atoms with Gasteiger partial charge in [-0.15, -0.1) is 3.97 Å². The monoisotopic (exact) mass is 401 g/mol. The first kappa shape index (κ1) is 19.6. The van der Waals surface area contributed by atoms with Gasteiger partial charge in [-0.05, 0) is 36.8 Å². The van der Waals surface area contributed by atoms with Gasteiger partial charge in [0, 0.05) is 7.05 Å². The molecule has 2 aromatic carbocycles. The van der Waals surface area contributed by atoms with Crippen molar-refractivity contribution in [1.29, 1.82) is 0 Å². The summed E-state index contributed by atoms with van der Waals surface area (Å²) in [6.07, 6.45) is -0.326. The number of carbonyl (C=O) groups excluding carboxylic acids is 1. The number of hydrogen-bond donors (Lipinski definition) is 0. The average molecular weight is 401 g/mol. The number of carbonyl (C=O) groups is 1. The zero-order chi connectivity index (χ0) is 20.3. The molecule has 0 fully saturated rings. The molecule has 1 amide bonds. The van der Waals surface area contributed by atoms with Crippen molar-refractivity contribution >= 4 is 17.5 Å². The van der Waals surface area contributed by atoms with Crippen molar-refractivity contribution in [2.45, 2.75) is 11.8 Å². The third kappa shape index (κ3) is 4.21. The van der Waals surface area contributed by atoms with Crippen molar-refractivity contribution in [1.82, 2.24) is 8.54 Å². The molecule has 0 aliphatic carbocycles. The van der Waals surface area contributed by atoms with Crippen LogP contribution in [0.4, 0.5) is 9.18 Å². The van der Waals surface area contributed by atoms with Crippen LogP contribution in [0.5, 0.6) is 5.75 Å². The molecular weight excluding hydrogens is 385 g/mol. The highest BCUT2D eigenvalue weighted by molar-refractivity contribution is 7.89. The summed E-state index contributed by atoms with van der Waals surface area (Å²) in [6.45, 7) is 1.81. The first-order valence-electron chi connectivity index (χ1n) is 8.15. The number of aromatic nitrogens is 2. The smallest absolute Gasteiger partial charge is 0.441 e. The van der Waals surface area contributed by atoms with Crippen LogP contribution in [-0.2, 0) is 18.4 Å². The van der Waals surface area contributed by atoms with E-state index in [9.17, 15) is 18.5 Å². The predicted molar refractivity (Wildman–Crippen MR) is 101 cm³/mol. The Bertz CT molecular complexity index is 1140. The number of benzene rings is 2. The van der Waals surface area contributed by atoms with E-state index in [0.29, 0.717) is 4.90 Å². The van der Waals surface area contributed by atoms with Crippen LogP contribution in [-0.4, -0.2) is 19.2 Å². The Morgan fingerprint density at radius 3 is 2.57 bits per heavy atom. The van der Waals surface area contributed by atoms with E-state index in [4.69, 9.17) is 4.74 Å². The molecule has 1 atom stereocenters. The summed E-state index contributed by atoms with van der Waals surface area (Å²) in [6, 6.07) is 14.8. The number of hydrogen-bond acceptors (Lipinski definition) is 4. The molecule has 0 N–H and O–H groups in total. The number of halogens is 1. The number of aryl methyl sites for hydroxylation is 1. The van der Waals surface area contributed by atoms with E-state index < -0.39 is 34.4 Å². The molecule has 0 saturated carbocycles. The number of amides is 1.